The van der Waals surface area contributed by atoms with Crippen molar-refractivity contribution in [2.75, 3.05) is 6.61 Å². The number of carbonyl (C=O) groups excluding carboxylic acids is 1. The lowest BCUT2D eigenvalue weighted by atomic mass is 9.99. The summed E-state index contributed by atoms with van der Waals surface area (Å²) in [4.78, 5) is 13.6. The van der Waals surface area contributed by atoms with Gasteiger partial charge in [0.15, 0.2) is 5.69 Å². The van der Waals surface area contributed by atoms with Crippen molar-refractivity contribution in [1.82, 2.24) is 20.2 Å². The summed E-state index contributed by atoms with van der Waals surface area (Å²) < 4.78 is 21.0. The molecule has 3 aromatic rings. The number of rotatable bonds is 4. The minimum atomic E-state index is -0.309. The van der Waals surface area contributed by atoms with Crippen LogP contribution in [0.15, 0.2) is 42.5 Å². The summed E-state index contributed by atoms with van der Waals surface area (Å²) in [6, 6.07) is 11.8. The van der Waals surface area contributed by atoms with Gasteiger partial charge >= 0.3 is 0 Å². The van der Waals surface area contributed by atoms with Gasteiger partial charge in [0.25, 0.3) is 5.91 Å². The molecular formula is C27H27Cl2FN4O2. The molecule has 36 heavy (non-hydrogen) atoms. The number of hydrogen-bond acceptors (Lipinski definition) is 4. The molecule has 2 unspecified atom stereocenters. The minimum Gasteiger partial charge on any atom is -0.372 e. The Morgan fingerprint density at radius 2 is 1.83 bits per heavy atom. The van der Waals surface area contributed by atoms with Gasteiger partial charge < -0.3 is 4.74 Å². The van der Waals surface area contributed by atoms with Gasteiger partial charge in [-0.15, -0.1) is 0 Å². The largest absolute Gasteiger partial charge is 0.372 e. The fourth-order valence-corrected chi connectivity index (χ4v) is 5.43. The van der Waals surface area contributed by atoms with Gasteiger partial charge in [-0.2, -0.15) is 5.10 Å². The van der Waals surface area contributed by atoms with Gasteiger partial charge in [-0.1, -0.05) is 41.8 Å². The Kier molecular flexibility index (Phi) is 7.17. The second-order valence-electron chi connectivity index (χ2n) is 9.37. The molecule has 2 aliphatic heterocycles. The van der Waals surface area contributed by atoms with Crippen LogP contribution in [0.25, 0.3) is 17.3 Å². The minimum absolute atomic E-state index is 0.228. The molecule has 1 N–H and O–H groups in total. The Balaban J connectivity index is 1.61. The van der Waals surface area contributed by atoms with E-state index in [2.05, 4.69) is 19.3 Å². The summed E-state index contributed by atoms with van der Waals surface area (Å²) in [5.74, 6) is -0.599. The molecule has 0 saturated carbocycles. The smallest absolute Gasteiger partial charge is 0.286 e. The molecule has 9 heteroatoms. The van der Waals surface area contributed by atoms with Gasteiger partial charge in [0.1, 0.15) is 5.82 Å². The highest BCUT2D eigenvalue weighted by Crippen LogP contribution is 2.35. The number of carbonyl (C=O) groups is 1. The predicted molar refractivity (Wildman–Crippen MR) is 140 cm³/mol. The monoisotopic (exact) mass is 528 g/mol. The molecule has 5 rings (SSSR count). The fourth-order valence-electron chi connectivity index (χ4n) is 4.94. The quantitative estimate of drug-likeness (QED) is 0.431. The zero-order valence-corrected chi connectivity index (χ0v) is 21.6. The van der Waals surface area contributed by atoms with Crippen molar-refractivity contribution in [1.29, 1.82) is 0 Å². The number of nitrogens with zero attached hydrogens (tertiary/aromatic N) is 3. The maximum absolute atomic E-state index is 13.6. The molecule has 0 aliphatic carbocycles. The van der Waals surface area contributed by atoms with Crippen LogP contribution in [0.3, 0.4) is 0 Å². The molecule has 0 spiro atoms. The second kappa shape index (κ2) is 10.3. The van der Waals surface area contributed by atoms with Crippen LogP contribution in [0.2, 0.25) is 10.0 Å². The topological polar surface area (TPSA) is 59.4 Å². The molecule has 0 radical (unpaired) electrons. The zero-order chi connectivity index (χ0) is 25.4. The number of piperidine rings is 1. The van der Waals surface area contributed by atoms with E-state index in [1.807, 2.05) is 11.1 Å². The van der Waals surface area contributed by atoms with Crippen molar-refractivity contribution in [3.8, 4) is 5.69 Å². The first-order valence-corrected chi connectivity index (χ1v) is 12.8. The summed E-state index contributed by atoms with van der Waals surface area (Å²) in [6.07, 6.45) is 5.09. The third kappa shape index (κ3) is 4.93. The van der Waals surface area contributed by atoms with E-state index in [4.69, 9.17) is 33.0 Å². The van der Waals surface area contributed by atoms with Crippen LogP contribution in [0.1, 0.15) is 60.4 Å². The molecule has 2 atom stereocenters. The van der Waals surface area contributed by atoms with Gasteiger partial charge in [0, 0.05) is 28.2 Å². The third-order valence-corrected chi connectivity index (χ3v) is 7.32. The molecule has 1 saturated heterocycles. The molecular weight excluding hydrogens is 502 g/mol. The fraction of sp³-hybridized carbons (Fsp3) is 0.333. The van der Waals surface area contributed by atoms with Gasteiger partial charge in [-0.3, -0.25) is 10.2 Å². The van der Waals surface area contributed by atoms with E-state index in [0.717, 1.165) is 36.1 Å². The van der Waals surface area contributed by atoms with Crippen LogP contribution in [-0.2, 0) is 11.3 Å². The number of hydrogen-bond donors (Lipinski definition) is 1. The lowest BCUT2D eigenvalue weighted by Crippen LogP contribution is -2.54. The van der Waals surface area contributed by atoms with Crippen LogP contribution >= 0.6 is 23.2 Å². The van der Waals surface area contributed by atoms with E-state index in [9.17, 15) is 9.18 Å². The van der Waals surface area contributed by atoms with E-state index in [1.54, 1.807) is 35.0 Å². The molecule has 0 bridgehead atoms. The van der Waals surface area contributed by atoms with Gasteiger partial charge in [0.05, 0.1) is 29.6 Å². The first-order chi connectivity index (χ1) is 17.3. The summed E-state index contributed by atoms with van der Waals surface area (Å²) in [5, 5.41) is 7.67. The molecule has 3 heterocycles. The van der Waals surface area contributed by atoms with E-state index in [1.165, 1.54) is 12.1 Å². The Morgan fingerprint density at radius 1 is 1.11 bits per heavy atom. The highest BCUT2D eigenvalue weighted by atomic mass is 35.5. The standard InChI is InChI=1S/C27H27Cl2FN4O2/c1-16-4-3-5-17(2)33(16)32-27(35)25-22-15-36-14-19(12-18-6-9-21(30)10-7-18)26(22)34(31-25)24-11-8-20(28)13-23(24)29/h6-13,16-17H,3-5,14-15H2,1-2H3,(H,32,35)/b19-12+. The predicted octanol–water partition coefficient (Wildman–Crippen LogP) is 6.30. The van der Waals surface area contributed by atoms with Gasteiger partial charge in [-0.25, -0.2) is 14.1 Å². The summed E-state index contributed by atoms with van der Waals surface area (Å²) >= 11 is 12.7. The highest BCUT2D eigenvalue weighted by Gasteiger charge is 2.32. The number of hydrazine groups is 1. The molecule has 2 aliphatic rings. The van der Waals surface area contributed by atoms with Crippen LogP contribution in [0.4, 0.5) is 4.39 Å². The molecule has 1 aromatic heterocycles. The molecule has 6 nitrogen and oxygen atoms in total. The first-order valence-electron chi connectivity index (χ1n) is 12.0. The molecule has 188 valence electrons. The average Bonchev–Trinajstić information content (AvgIpc) is 3.23. The van der Waals surface area contributed by atoms with Crippen molar-refractivity contribution in [3.05, 3.63) is 80.8 Å². The number of ether oxygens (including phenoxy) is 1. The number of aromatic nitrogens is 2. The van der Waals surface area contributed by atoms with E-state index < -0.39 is 0 Å². The van der Waals surface area contributed by atoms with Crippen LogP contribution < -0.4 is 5.43 Å². The summed E-state index contributed by atoms with van der Waals surface area (Å²) in [7, 11) is 0. The van der Waals surface area contributed by atoms with E-state index in [-0.39, 0.29) is 36.1 Å². The van der Waals surface area contributed by atoms with Crippen molar-refractivity contribution in [2.45, 2.75) is 51.8 Å². The maximum Gasteiger partial charge on any atom is 0.286 e. The number of amides is 1. The lowest BCUT2D eigenvalue weighted by molar-refractivity contribution is 0.0363. The Morgan fingerprint density at radius 3 is 2.53 bits per heavy atom. The SMILES string of the molecule is CC1CCCC(C)N1NC(=O)c1nn(-c2ccc(Cl)cc2Cl)c2c1COC/C2=C\c1ccc(F)cc1. The summed E-state index contributed by atoms with van der Waals surface area (Å²) in [6.45, 7) is 4.77. The Labute approximate surface area is 219 Å². The van der Waals surface area contributed by atoms with Gasteiger partial charge in [0.2, 0.25) is 0 Å². The zero-order valence-electron chi connectivity index (χ0n) is 20.1. The first kappa shape index (κ1) is 25.0. The molecule has 1 amide bonds. The number of fused-ring (bicyclic) bond motifs is 1. The second-order valence-corrected chi connectivity index (χ2v) is 10.2. The van der Waals surface area contributed by atoms with Crippen LogP contribution in [0.5, 0.6) is 0 Å². The van der Waals surface area contributed by atoms with Crippen LogP contribution in [0, 0.1) is 5.82 Å². The maximum atomic E-state index is 13.6. The van der Waals surface area contributed by atoms with E-state index >= 15 is 0 Å². The molecule has 2 aromatic carbocycles. The third-order valence-electron chi connectivity index (χ3n) is 6.78. The Hall–Kier alpha value is -2.71. The van der Waals surface area contributed by atoms with Crippen molar-refractivity contribution < 1.29 is 13.9 Å². The highest BCUT2D eigenvalue weighted by molar-refractivity contribution is 6.35. The number of nitrogens with one attached hydrogen (secondary N) is 1. The molecule has 1 fully saturated rings. The number of halogens is 3. The van der Waals surface area contributed by atoms with Crippen LogP contribution in [-0.4, -0.2) is 39.4 Å². The van der Waals surface area contributed by atoms with Crippen molar-refractivity contribution in [3.63, 3.8) is 0 Å². The van der Waals surface area contributed by atoms with Crippen molar-refractivity contribution in [2.24, 2.45) is 0 Å². The number of benzene rings is 2. The van der Waals surface area contributed by atoms with Crippen molar-refractivity contribution >= 4 is 40.8 Å². The van der Waals surface area contributed by atoms with E-state index in [0.29, 0.717) is 27.9 Å². The van der Waals surface area contributed by atoms with Gasteiger partial charge in [-0.05, 0) is 68.7 Å². The summed E-state index contributed by atoms with van der Waals surface area (Å²) in [5.41, 5.74) is 7.00. The lowest BCUT2D eigenvalue weighted by Gasteiger charge is -2.38. The average molecular weight is 529 g/mol. The normalized spacial score (nSPS) is 21.4. The Bertz CT molecular complexity index is 1310.